The quantitative estimate of drug-likeness (QED) is 0.702. The van der Waals surface area contributed by atoms with Crippen molar-refractivity contribution in [1.29, 1.82) is 0 Å². The van der Waals surface area contributed by atoms with Crippen molar-refractivity contribution in [3.63, 3.8) is 0 Å². The minimum atomic E-state index is -0.355. The summed E-state index contributed by atoms with van der Waals surface area (Å²) < 4.78 is 12.0. The number of hydrogen-bond donors (Lipinski definition) is 0. The van der Waals surface area contributed by atoms with E-state index in [9.17, 15) is 9.59 Å². The molecular weight excluding hydrogens is 396 g/mol. The molecule has 0 spiro atoms. The van der Waals surface area contributed by atoms with E-state index in [2.05, 4.69) is 10.00 Å². The number of fused-ring (bicyclic) bond motifs is 2. The molecule has 1 amide bonds. The maximum absolute atomic E-state index is 13.1. The van der Waals surface area contributed by atoms with Crippen LogP contribution in [-0.4, -0.2) is 72.4 Å². The third-order valence-corrected chi connectivity index (χ3v) is 6.81. The van der Waals surface area contributed by atoms with Crippen molar-refractivity contribution >= 4 is 16.7 Å². The van der Waals surface area contributed by atoms with Gasteiger partial charge >= 0.3 is 0 Å². The molecule has 2 atom stereocenters. The van der Waals surface area contributed by atoms with E-state index >= 15 is 0 Å². The molecule has 31 heavy (non-hydrogen) atoms. The van der Waals surface area contributed by atoms with Gasteiger partial charge < -0.3 is 19.3 Å². The molecule has 0 radical (unpaired) electrons. The Morgan fingerprint density at radius 2 is 1.97 bits per heavy atom. The van der Waals surface area contributed by atoms with Gasteiger partial charge in [-0.3, -0.25) is 9.59 Å². The van der Waals surface area contributed by atoms with Crippen molar-refractivity contribution in [2.24, 2.45) is 5.92 Å². The molecule has 1 aromatic heterocycles. The molecule has 2 fully saturated rings. The number of amides is 1. The van der Waals surface area contributed by atoms with Gasteiger partial charge in [0.25, 0.3) is 5.56 Å². The maximum atomic E-state index is 13.1. The topological polar surface area (TPSA) is 76.9 Å². The number of piperidine rings is 2. The van der Waals surface area contributed by atoms with Gasteiger partial charge in [0.15, 0.2) is 11.5 Å². The van der Waals surface area contributed by atoms with E-state index < -0.39 is 0 Å². The lowest BCUT2D eigenvalue weighted by Crippen LogP contribution is -2.51. The highest BCUT2D eigenvalue weighted by atomic mass is 16.5. The Balaban J connectivity index is 1.51. The average Bonchev–Trinajstić information content (AvgIpc) is 2.80. The number of carbonyl (C=O) groups excluding carboxylic acids is 1. The minimum absolute atomic E-state index is 0.0905. The molecule has 3 heterocycles. The standard InChI is InChI=1S/C23H32N4O4/c1-25(14-17-7-6-12-26-11-5-4-8-18(17)26)20(28)15-27-23(29)21-16(13-24-27)9-10-19(30-2)22(21)31-3/h9-10,13,17-18H,4-8,11-12,14-15H2,1-3H3. The van der Waals surface area contributed by atoms with Crippen molar-refractivity contribution in [2.45, 2.75) is 44.7 Å². The lowest BCUT2D eigenvalue weighted by Gasteiger charge is -2.45. The number of likely N-dealkylation sites (N-methyl/N-ethyl adjacent to an activating group) is 1. The zero-order valence-corrected chi connectivity index (χ0v) is 18.7. The highest BCUT2D eigenvalue weighted by Crippen LogP contribution is 2.33. The summed E-state index contributed by atoms with van der Waals surface area (Å²) in [6.45, 7) is 2.99. The van der Waals surface area contributed by atoms with Crippen LogP contribution in [0.1, 0.15) is 32.1 Å². The number of aromatic nitrogens is 2. The van der Waals surface area contributed by atoms with Gasteiger partial charge in [-0.25, -0.2) is 4.68 Å². The summed E-state index contributed by atoms with van der Waals surface area (Å²) in [5, 5.41) is 5.25. The Labute approximate surface area is 182 Å². The highest BCUT2D eigenvalue weighted by Gasteiger charge is 2.34. The van der Waals surface area contributed by atoms with Crippen LogP contribution < -0.4 is 15.0 Å². The van der Waals surface area contributed by atoms with Gasteiger partial charge in [0.1, 0.15) is 6.54 Å². The van der Waals surface area contributed by atoms with E-state index in [1.54, 1.807) is 23.2 Å². The number of methoxy groups -OCH3 is 2. The van der Waals surface area contributed by atoms with Crippen LogP contribution in [0.25, 0.3) is 10.8 Å². The predicted octanol–water partition coefficient (Wildman–Crippen LogP) is 2.14. The molecule has 168 valence electrons. The van der Waals surface area contributed by atoms with Gasteiger partial charge in [-0.1, -0.05) is 6.42 Å². The van der Waals surface area contributed by atoms with Gasteiger partial charge in [-0.2, -0.15) is 5.10 Å². The second-order valence-corrected chi connectivity index (χ2v) is 8.65. The first-order valence-electron chi connectivity index (χ1n) is 11.1. The monoisotopic (exact) mass is 428 g/mol. The Bertz CT molecular complexity index is 1000. The SMILES string of the molecule is COc1ccc2cnn(CC(=O)N(C)CC3CCCN4CCCCC34)c(=O)c2c1OC. The van der Waals surface area contributed by atoms with Crippen molar-refractivity contribution in [3.8, 4) is 11.5 Å². The van der Waals surface area contributed by atoms with Crippen LogP contribution in [0.15, 0.2) is 23.1 Å². The fourth-order valence-electron chi connectivity index (χ4n) is 5.19. The van der Waals surface area contributed by atoms with Crippen LogP contribution in [0, 0.1) is 5.92 Å². The number of rotatable bonds is 6. The normalized spacial score (nSPS) is 21.5. The molecule has 2 unspecified atom stereocenters. The minimum Gasteiger partial charge on any atom is -0.493 e. The molecule has 0 saturated carbocycles. The molecule has 8 nitrogen and oxygen atoms in total. The first kappa shape index (κ1) is 21.6. The van der Waals surface area contributed by atoms with Crippen molar-refractivity contribution in [2.75, 3.05) is 40.9 Å². The first-order valence-corrected chi connectivity index (χ1v) is 11.1. The highest BCUT2D eigenvalue weighted by molar-refractivity contribution is 5.89. The summed E-state index contributed by atoms with van der Waals surface area (Å²) in [6, 6.07) is 4.09. The third-order valence-electron chi connectivity index (χ3n) is 6.81. The third kappa shape index (κ3) is 4.26. The maximum Gasteiger partial charge on any atom is 0.279 e. The Morgan fingerprint density at radius 3 is 2.74 bits per heavy atom. The van der Waals surface area contributed by atoms with Crippen LogP contribution in [0.3, 0.4) is 0 Å². The molecule has 2 aromatic rings. The molecule has 0 bridgehead atoms. The fourth-order valence-corrected chi connectivity index (χ4v) is 5.19. The summed E-state index contributed by atoms with van der Waals surface area (Å²) in [4.78, 5) is 30.4. The van der Waals surface area contributed by atoms with Gasteiger partial charge in [0.2, 0.25) is 5.91 Å². The number of ether oxygens (including phenoxy) is 2. The van der Waals surface area contributed by atoms with Crippen LogP contribution >= 0.6 is 0 Å². The number of benzene rings is 1. The van der Waals surface area contributed by atoms with Gasteiger partial charge in [0, 0.05) is 25.0 Å². The zero-order chi connectivity index (χ0) is 22.0. The molecule has 4 rings (SSSR count). The lowest BCUT2D eigenvalue weighted by molar-refractivity contribution is -0.132. The van der Waals surface area contributed by atoms with Gasteiger partial charge in [0.05, 0.1) is 25.8 Å². The van der Waals surface area contributed by atoms with E-state index in [1.807, 2.05) is 7.05 Å². The summed E-state index contributed by atoms with van der Waals surface area (Å²) >= 11 is 0. The van der Waals surface area contributed by atoms with Crippen molar-refractivity contribution < 1.29 is 14.3 Å². The van der Waals surface area contributed by atoms with Crippen LogP contribution in [0.5, 0.6) is 11.5 Å². The molecule has 0 aliphatic carbocycles. The summed E-state index contributed by atoms with van der Waals surface area (Å²) in [5.41, 5.74) is -0.355. The molecule has 8 heteroatoms. The lowest BCUT2D eigenvalue weighted by atomic mass is 9.83. The van der Waals surface area contributed by atoms with E-state index in [0.29, 0.717) is 34.2 Å². The molecule has 2 aliphatic rings. The van der Waals surface area contributed by atoms with Crippen LogP contribution in [0.4, 0.5) is 0 Å². The molecule has 2 aliphatic heterocycles. The van der Waals surface area contributed by atoms with Crippen molar-refractivity contribution in [3.05, 3.63) is 28.7 Å². The van der Waals surface area contributed by atoms with Gasteiger partial charge in [-0.15, -0.1) is 0 Å². The van der Waals surface area contributed by atoms with E-state index in [-0.39, 0.29) is 18.0 Å². The average molecular weight is 429 g/mol. The number of carbonyl (C=O) groups is 1. The van der Waals surface area contributed by atoms with E-state index in [1.165, 1.54) is 57.7 Å². The Kier molecular flexibility index (Phi) is 6.46. The largest absolute Gasteiger partial charge is 0.493 e. The number of hydrogen-bond acceptors (Lipinski definition) is 6. The summed E-state index contributed by atoms with van der Waals surface area (Å²) in [6.07, 6.45) is 7.72. The fraction of sp³-hybridized carbons (Fsp3) is 0.609. The van der Waals surface area contributed by atoms with E-state index in [4.69, 9.17) is 9.47 Å². The molecule has 2 saturated heterocycles. The zero-order valence-electron chi connectivity index (χ0n) is 18.7. The predicted molar refractivity (Wildman–Crippen MR) is 119 cm³/mol. The molecule has 1 aromatic carbocycles. The summed E-state index contributed by atoms with van der Waals surface area (Å²) in [7, 11) is 4.86. The summed E-state index contributed by atoms with van der Waals surface area (Å²) in [5.74, 6) is 1.22. The second-order valence-electron chi connectivity index (χ2n) is 8.65. The molecule has 0 N–H and O–H groups in total. The molecular formula is C23H32N4O4. The Morgan fingerprint density at radius 1 is 1.16 bits per heavy atom. The first-order chi connectivity index (χ1) is 15.0. The van der Waals surface area contributed by atoms with Crippen LogP contribution in [0.2, 0.25) is 0 Å². The van der Waals surface area contributed by atoms with Crippen LogP contribution in [-0.2, 0) is 11.3 Å². The van der Waals surface area contributed by atoms with Crippen molar-refractivity contribution in [1.82, 2.24) is 19.6 Å². The smallest absolute Gasteiger partial charge is 0.279 e. The second kappa shape index (κ2) is 9.26. The number of nitrogens with zero attached hydrogens (tertiary/aromatic N) is 4. The van der Waals surface area contributed by atoms with E-state index in [0.717, 1.165) is 13.0 Å². The van der Waals surface area contributed by atoms with Gasteiger partial charge in [-0.05, 0) is 56.8 Å². The Hall–Kier alpha value is -2.61.